The third-order valence-corrected chi connectivity index (χ3v) is 7.56. The van der Waals surface area contributed by atoms with Crippen LogP contribution in [0.3, 0.4) is 0 Å². The van der Waals surface area contributed by atoms with Gasteiger partial charge in [-0.2, -0.15) is 0 Å². The lowest BCUT2D eigenvalue weighted by Gasteiger charge is -2.26. The molecule has 2 heterocycles. The van der Waals surface area contributed by atoms with Crippen LogP contribution < -0.4 is 5.32 Å². The van der Waals surface area contributed by atoms with Gasteiger partial charge in [0, 0.05) is 31.6 Å². The topological polar surface area (TPSA) is 82.0 Å². The van der Waals surface area contributed by atoms with E-state index in [0.717, 1.165) is 31.9 Å². The molecule has 1 saturated carbocycles. The lowest BCUT2D eigenvalue weighted by molar-refractivity contribution is 0.132. The Morgan fingerprint density at radius 3 is 2.62 bits per heavy atom. The third-order valence-electron chi connectivity index (χ3n) is 5.72. The molecule has 0 aromatic heterocycles. The molecular formula is C17H31N3O3S. The van der Waals surface area contributed by atoms with E-state index in [1.807, 2.05) is 6.92 Å². The van der Waals surface area contributed by atoms with Gasteiger partial charge in [-0.05, 0) is 38.5 Å². The maximum Gasteiger partial charge on any atom is 0.194 e. The number of aliphatic hydroxyl groups excluding tert-OH is 1. The van der Waals surface area contributed by atoms with Gasteiger partial charge in [-0.15, -0.1) is 0 Å². The number of guanidine groups is 1. The van der Waals surface area contributed by atoms with Crippen molar-refractivity contribution in [2.24, 2.45) is 16.8 Å². The fourth-order valence-electron chi connectivity index (χ4n) is 4.09. The number of nitrogens with one attached hydrogen (secondary N) is 1. The molecule has 0 aromatic carbocycles. The predicted molar refractivity (Wildman–Crippen MR) is 95.8 cm³/mol. The highest BCUT2D eigenvalue weighted by molar-refractivity contribution is 7.91. The first-order valence-corrected chi connectivity index (χ1v) is 11.2. The zero-order valence-electron chi connectivity index (χ0n) is 14.7. The summed E-state index contributed by atoms with van der Waals surface area (Å²) in [6.45, 7) is 4.19. The van der Waals surface area contributed by atoms with Gasteiger partial charge in [0.05, 0.1) is 17.6 Å². The van der Waals surface area contributed by atoms with Crippen LogP contribution in [0.5, 0.6) is 0 Å². The van der Waals surface area contributed by atoms with Crippen molar-refractivity contribution < 1.29 is 13.5 Å². The van der Waals surface area contributed by atoms with E-state index < -0.39 is 9.84 Å². The Hall–Kier alpha value is -0.820. The fraction of sp³-hybridized carbons (Fsp3) is 0.941. The first kappa shape index (κ1) is 18.0. The number of likely N-dealkylation sites (tertiary alicyclic amines) is 1. The second-order valence-corrected chi connectivity index (χ2v) is 10.0. The van der Waals surface area contributed by atoms with Gasteiger partial charge in [-0.25, -0.2) is 8.42 Å². The Kier molecular flexibility index (Phi) is 5.70. The highest BCUT2D eigenvalue weighted by Crippen LogP contribution is 2.23. The number of rotatable bonds is 4. The van der Waals surface area contributed by atoms with E-state index in [9.17, 15) is 13.5 Å². The Labute approximate surface area is 145 Å². The largest absolute Gasteiger partial charge is 0.393 e. The van der Waals surface area contributed by atoms with Crippen LogP contribution in [0.4, 0.5) is 0 Å². The summed E-state index contributed by atoms with van der Waals surface area (Å²) >= 11 is 0. The molecule has 3 atom stereocenters. The Morgan fingerprint density at radius 2 is 2.04 bits per heavy atom. The summed E-state index contributed by atoms with van der Waals surface area (Å²) in [7, 11) is -2.84. The average Bonchev–Trinajstić information content (AvgIpc) is 3.24. The van der Waals surface area contributed by atoms with E-state index >= 15 is 0 Å². The van der Waals surface area contributed by atoms with Crippen molar-refractivity contribution in [3.63, 3.8) is 0 Å². The molecule has 0 aromatic rings. The summed E-state index contributed by atoms with van der Waals surface area (Å²) in [6.07, 6.45) is 6.33. The minimum atomic E-state index is -2.84. The molecule has 3 aliphatic rings. The van der Waals surface area contributed by atoms with Gasteiger partial charge in [0.2, 0.25) is 0 Å². The van der Waals surface area contributed by atoms with Crippen LogP contribution >= 0.6 is 0 Å². The molecule has 138 valence electrons. The average molecular weight is 358 g/mol. The highest BCUT2D eigenvalue weighted by atomic mass is 32.2. The predicted octanol–water partition coefficient (Wildman–Crippen LogP) is 1.01. The second-order valence-electron chi connectivity index (χ2n) is 7.79. The molecule has 0 amide bonds. The van der Waals surface area contributed by atoms with Crippen molar-refractivity contribution in [2.75, 3.05) is 31.1 Å². The van der Waals surface area contributed by atoms with E-state index in [0.29, 0.717) is 24.3 Å². The van der Waals surface area contributed by atoms with Gasteiger partial charge >= 0.3 is 0 Å². The molecule has 2 saturated heterocycles. The van der Waals surface area contributed by atoms with E-state index in [1.54, 1.807) is 0 Å². The number of hydrogen-bond donors (Lipinski definition) is 2. The molecule has 24 heavy (non-hydrogen) atoms. The SMILES string of the molecule is CC(O)C1CCN(C(=NCC2CCS(=O)(=O)C2)NC2CCCC2)C1. The van der Waals surface area contributed by atoms with Crippen molar-refractivity contribution >= 4 is 15.8 Å². The van der Waals surface area contributed by atoms with Crippen LogP contribution in [-0.4, -0.2) is 67.7 Å². The number of hydrogen-bond acceptors (Lipinski definition) is 4. The van der Waals surface area contributed by atoms with Gasteiger partial charge in [-0.1, -0.05) is 12.8 Å². The summed E-state index contributed by atoms with van der Waals surface area (Å²) in [5, 5.41) is 13.4. The summed E-state index contributed by atoms with van der Waals surface area (Å²) < 4.78 is 23.3. The number of nitrogens with zero attached hydrogens (tertiary/aromatic N) is 2. The van der Waals surface area contributed by atoms with Gasteiger partial charge in [0.15, 0.2) is 15.8 Å². The maximum atomic E-state index is 11.6. The smallest absolute Gasteiger partial charge is 0.194 e. The summed E-state index contributed by atoms with van der Waals surface area (Å²) in [5.74, 6) is 1.97. The molecule has 6 nitrogen and oxygen atoms in total. The standard InChI is InChI=1S/C17H31N3O3S/c1-13(21)15-6-8-20(11-15)17(19-16-4-2-3-5-16)18-10-14-7-9-24(22,23)12-14/h13-16,21H,2-12H2,1H3,(H,18,19). The van der Waals surface area contributed by atoms with E-state index in [2.05, 4.69) is 10.2 Å². The zero-order valence-corrected chi connectivity index (χ0v) is 15.5. The van der Waals surface area contributed by atoms with Gasteiger partial charge in [-0.3, -0.25) is 4.99 Å². The Balaban J connectivity index is 1.64. The first-order valence-electron chi connectivity index (χ1n) is 9.37. The van der Waals surface area contributed by atoms with Crippen LogP contribution in [0, 0.1) is 11.8 Å². The van der Waals surface area contributed by atoms with Crippen LogP contribution in [0.25, 0.3) is 0 Å². The summed E-state index contributed by atoms with van der Waals surface area (Å²) in [4.78, 5) is 7.05. The lowest BCUT2D eigenvalue weighted by atomic mass is 10.0. The van der Waals surface area contributed by atoms with Crippen LogP contribution in [0.1, 0.15) is 45.4 Å². The highest BCUT2D eigenvalue weighted by Gasteiger charge is 2.31. The fourth-order valence-corrected chi connectivity index (χ4v) is 5.94. The molecule has 1 aliphatic carbocycles. The maximum absolute atomic E-state index is 11.6. The van der Waals surface area contributed by atoms with Crippen LogP contribution in [0.15, 0.2) is 4.99 Å². The molecule has 3 unspecified atom stereocenters. The zero-order chi connectivity index (χ0) is 17.2. The Morgan fingerprint density at radius 1 is 1.29 bits per heavy atom. The molecule has 3 fully saturated rings. The van der Waals surface area contributed by atoms with Gasteiger partial charge in [0.1, 0.15) is 0 Å². The number of aliphatic hydroxyl groups is 1. The molecule has 2 N–H and O–H groups in total. The molecule has 7 heteroatoms. The number of aliphatic imine (C=N–C) groups is 1. The van der Waals surface area contributed by atoms with Gasteiger partial charge in [0.25, 0.3) is 0 Å². The first-order chi connectivity index (χ1) is 11.4. The minimum absolute atomic E-state index is 0.158. The van der Waals surface area contributed by atoms with Crippen molar-refractivity contribution in [1.82, 2.24) is 10.2 Å². The number of sulfone groups is 1. The van der Waals surface area contributed by atoms with Gasteiger partial charge < -0.3 is 15.3 Å². The minimum Gasteiger partial charge on any atom is -0.393 e. The van der Waals surface area contributed by atoms with Crippen LogP contribution in [-0.2, 0) is 9.84 Å². The third kappa shape index (κ3) is 4.63. The quantitative estimate of drug-likeness (QED) is 0.580. The van der Waals surface area contributed by atoms with Crippen LogP contribution in [0.2, 0.25) is 0 Å². The lowest BCUT2D eigenvalue weighted by Crippen LogP contribution is -2.45. The summed E-state index contributed by atoms with van der Waals surface area (Å²) in [5.41, 5.74) is 0. The van der Waals surface area contributed by atoms with E-state index in [1.165, 1.54) is 25.7 Å². The molecule has 3 rings (SSSR count). The monoisotopic (exact) mass is 357 g/mol. The van der Waals surface area contributed by atoms with Crippen molar-refractivity contribution in [1.29, 1.82) is 0 Å². The van der Waals surface area contributed by atoms with E-state index in [4.69, 9.17) is 4.99 Å². The molecular weight excluding hydrogens is 326 g/mol. The Bertz CT molecular complexity index is 555. The molecule has 0 spiro atoms. The van der Waals surface area contributed by atoms with Crippen molar-refractivity contribution in [3.05, 3.63) is 0 Å². The molecule has 0 radical (unpaired) electrons. The molecule has 0 bridgehead atoms. The van der Waals surface area contributed by atoms with Crippen molar-refractivity contribution in [3.8, 4) is 0 Å². The normalized spacial score (nSPS) is 32.4. The van der Waals surface area contributed by atoms with E-state index in [-0.39, 0.29) is 17.8 Å². The molecule has 2 aliphatic heterocycles. The van der Waals surface area contributed by atoms with Crippen molar-refractivity contribution in [2.45, 2.75) is 57.6 Å². The summed E-state index contributed by atoms with van der Waals surface area (Å²) in [6, 6.07) is 0.488. The second kappa shape index (κ2) is 7.60.